The lowest BCUT2D eigenvalue weighted by Crippen LogP contribution is -2.13. The van der Waals surface area contributed by atoms with E-state index >= 15 is 0 Å². The summed E-state index contributed by atoms with van der Waals surface area (Å²) in [6.07, 6.45) is 4.20. The topological polar surface area (TPSA) is 68.4 Å². The van der Waals surface area contributed by atoms with E-state index in [1.165, 1.54) is 12.3 Å². The second-order valence-electron chi connectivity index (χ2n) is 6.86. The SMILES string of the molecule is CC(C)CCOc1c[nH]c(COC(=O)CCCc2ccc(Cl)cc2)cc1=O. The number of esters is 1. The van der Waals surface area contributed by atoms with Crippen LogP contribution in [0.3, 0.4) is 0 Å². The predicted octanol–water partition coefficient (Wildman–Crippen LogP) is 4.52. The van der Waals surface area contributed by atoms with Gasteiger partial charge in [0.25, 0.3) is 0 Å². The standard InChI is InChI=1S/C21H26ClNO4/c1-15(2)10-11-26-20-13-23-18(12-19(20)24)14-27-21(25)5-3-4-16-6-8-17(22)9-7-16/h6-9,12-13,15H,3-5,10-11,14H2,1-2H3,(H,23,24). The van der Waals surface area contributed by atoms with Crippen molar-refractivity contribution in [3.05, 3.63) is 63.0 Å². The molecule has 2 rings (SSSR count). The average molecular weight is 392 g/mol. The molecule has 0 aliphatic carbocycles. The lowest BCUT2D eigenvalue weighted by atomic mass is 10.1. The summed E-state index contributed by atoms with van der Waals surface area (Å²) in [5, 5.41) is 0.698. The van der Waals surface area contributed by atoms with Crippen LogP contribution in [0.15, 0.2) is 41.3 Å². The van der Waals surface area contributed by atoms with E-state index in [1.807, 2.05) is 24.3 Å². The molecule has 146 valence electrons. The van der Waals surface area contributed by atoms with E-state index < -0.39 is 0 Å². The molecule has 0 saturated heterocycles. The Hall–Kier alpha value is -2.27. The third kappa shape index (κ3) is 7.87. The van der Waals surface area contributed by atoms with Gasteiger partial charge in [0, 0.05) is 23.7 Å². The molecule has 0 radical (unpaired) electrons. The minimum absolute atomic E-state index is 0.0429. The van der Waals surface area contributed by atoms with Crippen LogP contribution in [-0.2, 0) is 22.6 Å². The van der Waals surface area contributed by atoms with Crippen LogP contribution in [0.5, 0.6) is 5.75 Å². The van der Waals surface area contributed by atoms with Gasteiger partial charge in [-0.3, -0.25) is 9.59 Å². The van der Waals surface area contributed by atoms with Crippen LogP contribution >= 0.6 is 11.6 Å². The number of aryl methyl sites for hydroxylation is 1. The van der Waals surface area contributed by atoms with Crippen LogP contribution in [0.2, 0.25) is 5.02 Å². The molecule has 0 saturated carbocycles. The molecule has 1 aromatic carbocycles. The number of carbonyl (C=O) groups excluding carboxylic acids is 1. The molecule has 0 atom stereocenters. The number of aromatic amines is 1. The second kappa shape index (κ2) is 10.8. The molecular formula is C21H26ClNO4. The maximum absolute atomic E-state index is 12.0. The minimum Gasteiger partial charge on any atom is -0.488 e. The summed E-state index contributed by atoms with van der Waals surface area (Å²) in [6, 6.07) is 8.97. The summed E-state index contributed by atoms with van der Waals surface area (Å²) in [4.78, 5) is 26.8. The van der Waals surface area contributed by atoms with Crippen molar-refractivity contribution in [1.82, 2.24) is 4.98 Å². The van der Waals surface area contributed by atoms with Crippen LogP contribution in [0.4, 0.5) is 0 Å². The number of hydrogen-bond acceptors (Lipinski definition) is 4. The van der Waals surface area contributed by atoms with Crippen molar-refractivity contribution in [3.63, 3.8) is 0 Å². The van der Waals surface area contributed by atoms with Crippen LogP contribution in [0.1, 0.15) is 44.4 Å². The summed E-state index contributed by atoms with van der Waals surface area (Å²) < 4.78 is 10.7. The highest BCUT2D eigenvalue weighted by Gasteiger charge is 2.07. The van der Waals surface area contributed by atoms with E-state index in [9.17, 15) is 9.59 Å². The average Bonchev–Trinajstić information content (AvgIpc) is 2.63. The van der Waals surface area contributed by atoms with Gasteiger partial charge in [-0.25, -0.2) is 0 Å². The van der Waals surface area contributed by atoms with Gasteiger partial charge >= 0.3 is 5.97 Å². The lowest BCUT2D eigenvalue weighted by molar-refractivity contribution is -0.145. The number of halogens is 1. The van der Waals surface area contributed by atoms with Crippen LogP contribution < -0.4 is 10.2 Å². The molecule has 0 aliphatic rings. The van der Waals surface area contributed by atoms with Gasteiger partial charge < -0.3 is 14.5 Å². The number of benzene rings is 1. The Labute approximate surface area is 164 Å². The Morgan fingerprint density at radius 2 is 1.96 bits per heavy atom. The van der Waals surface area contributed by atoms with Gasteiger partial charge in [-0.1, -0.05) is 37.6 Å². The highest BCUT2D eigenvalue weighted by atomic mass is 35.5. The van der Waals surface area contributed by atoms with Gasteiger partial charge in [0.2, 0.25) is 5.43 Å². The highest BCUT2D eigenvalue weighted by molar-refractivity contribution is 6.30. The second-order valence-corrected chi connectivity index (χ2v) is 7.29. The van der Waals surface area contributed by atoms with Crippen LogP contribution in [0.25, 0.3) is 0 Å². The molecule has 27 heavy (non-hydrogen) atoms. The quantitative estimate of drug-likeness (QED) is 0.604. The minimum atomic E-state index is -0.290. The third-order valence-electron chi connectivity index (χ3n) is 4.04. The molecule has 0 fully saturated rings. The number of ether oxygens (including phenoxy) is 2. The maximum atomic E-state index is 12.0. The normalized spacial score (nSPS) is 10.8. The van der Waals surface area contributed by atoms with E-state index in [-0.39, 0.29) is 23.8 Å². The Morgan fingerprint density at radius 1 is 1.22 bits per heavy atom. The largest absolute Gasteiger partial charge is 0.488 e. The van der Waals surface area contributed by atoms with Gasteiger partial charge in [0.05, 0.1) is 12.3 Å². The molecule has 1 aromatic heterocycles. The molecule has 0 unspecified atom stereocenters. The number of aromatic nitrogens is 1. The summed E-state index contributed by atoms with van der Waals surface area (Å²) >= 11 is 5.85. The van der Waals surface area contributed by atoms with Crippen molar-refractivity contribution < 1.29 is 14.3 Å². The number of nitrogens with one attached hydrogen (secondary N) is 1. The molecule has 6 heteroatoms. The van der Waals surface area contributed by atoms with Gasteiger partial charge in [-0.15, -0.1) is 0 Å². The van der Waals surface area contributed by atoms with Gasteiger partial charge in [0.15, 0.2) is 5.75 Å². The monoisotopic (exact) mass is 391 g/mol. The van der Waals surface area contributed by atoms with E-state index in [1.54, 1.807) is 0 Å². The fourth-order valence-electron chi connectivity index (χ4n) is 2.42. The molecule has 0 spiro atoms. The predicted molar refractivity (Wildman–Crippen MR) is 106 cm³/mol. The molecule has 1 N–H and O–H groups in total. The summed E-state index contributed by atoms with van der Waals surface area (Å²) in [6.45, 7) is 4.74. The van der Waals surface area contributed by atoms with Gasteiger partial charge in [0.1, 0.15) is 6.61 Å². The Morgan fingerprint density at radius 3 is 2.63 bits per heavy atom. The first kappa shape index (κ1) is 21.0. The highest BCUT2D eigenvalue weighted by Crippen LogP contribution is 2.12. The van der Waals surface area contributed by atoms with E-state index in [2.05, 4.69) is 18.8 Å². The zero-order chi connectivity index (χ0) is 19.6. The Bertz CT molecular complexity index is 784. The third-order valence-corrected chi connectivity index (χ3v) is 4.29. The van der Waals surface area contributed by atoms with Crippen molar-refractivity contribution in [3.8, 4) is 5.75 Å². The molecule has 1 heterocycles. The van der Waals surface area contributed by atoms with Crippen molar-refractivity contribution in [2.24, 2.45) is 5.92 Å². The van der Waals surface area contributed by atoms with Gasteiger partial charge in [-0.2, -0.15) is 0 Å². The van der Waals surface area contributed by atoms with Crippen molar-refractivity contribution in [1.29, 1.82) is 0 Å². The van der Waals surface area contributed by atoms with E-state index in [0.29, 0.717) is 36.1 Å². The zero-order valence-corrected chi connectivity index (χ0v) is 16.6. The summed E-state index contributed by atoms with van der Waals surface area (Å²) in [5.41, 5.74) is 1.46. The Balaban J connectivity index is 1.72. The van der Waals surface area contributed by atoms with Gasteiger partial charge in [-0.05, 0) is 42.9 Å². The molecular weight excluding hydrogens is 366 g/mol. The van der Waals surface area contributed by atoms with Crippen molar-refractivity contribution >= 4 is 17.6 Å². The first-order valence-electron chi connectivity index (χ1n) is 9.18. The van der Waals surface area contributed by atoms with Crippen LogP contribution in [-0.4, -0.2) is 17.6 Å². The number of hydrogen-bond donors (Lipinski definition) is 1. The number of rotatable bonds is 10. The first-order valence-corrected chi connectivity index (χ1v) is 9.56. The van der Waals surface area contributed by atoms with E-state index in [4.69, 9.17) is 21.1 Å². The molecule has 0 bridgehead atoms. The fraction of sp³-hybridized carbons (Fsp3) is 0.429. The summed E-state index contributed by atoms with van der Waals surface area (Å²) in [7, 11) is 0. The molecule has 2 aromatic rings. The van der Waals surface area contributed by atoms with Crippen LogP contribution in [0, 0.1) is 5.92 Å². The first-order chi connectivity index (χ1) is 12.9. The van der Waals surface area contributed by atoms with Crippen molar-refractivity contribution in [2.45, 2.75) is 46.1 Å². The fourth-order valence-corrected chi connectivity index (χ4v) is 2.55. The Kier molecular flexibility index (Phi) is 8.40. The smallest absolute Gasteiger partial charge is 0.306 e. The molecule has 0 amide bonds. The zero-order valence-electron chi connectivity index (χ0n) is 15.8. The number of pyridine rings is 1. The van der Waals surface area contributed by atoms with E-state index in [0.717, 1.165) is 18.4 Å². The lowest BCUT2D eigenvalue weighted by Gasteiger charge is -2.09. The molecule has 0 aliphatic heterocycles. The van der Waals surface area contributed by atoms with Crippen molar-refractivity contribution in [2.75, 3.05) is 6.61 Å². The maximum Gasteiger partial charge on any atom is 0.306 e. The summed E-state index contributed by atoms with van der Waals surface area (Å²) in [5.74, 6) is 0.512. The number of carbonyl (C=O) groups is 1. The molecule has 5 nitrogen and oxygen atoms in total. The number of H-pyrrole nitrogens is 1.